The van der Waals surface area contributed by atoms with Gasteiger partial charge in [0.1, 0.15) is 11.3 Å². The number of benzene rings is 2. The molecule has 2 aromatic carbocycles. The number of nitrogens with zero attached hydrogens (tertiary/aromatic N) is 2. The molecule has 7 heteroatoms. The molecule has 0 saturated heterocycles. The molecule has 1 aliphatic heterocycles. The number of hydrogen-bond acceptors (Lipinski definition) is 5. The number of carbonyl (C=O) groups is 1. The molecule has 1 atom stereocenters. The summed E-state index contributed by atoms with van der Waals surface area (Å²) in [6, 6.07) is 14.8. The minimum absolute atomic E-state index is 0.0179. The molecule has 138 valence electrons. The summed E-state index contributed by atoms with van der Waals surface area (Å²) in [4.78, 5) is 28.0. The molecule has 0 N–H and O–H groups in total. The van der Waals surface area contributed by atoms with Crippen LogP contribution >= 0.6 is 11.6 Å². The smallest absolute Gasteiger partial charge is 0.296 e. The lowest BCUT2D eigenvalue weighted by atomic mass is 9.98. The van der Waals surface area contributed by atoms with Crippen molar-refractivity contribution in [3.63, 3.8) is 0 Å². The molecule has 5 rings (SSSR count). The van der Waals surface area contributed by atoms with Gasteiger partial charge >= 0.3 is 0 Å². The molecular weight excluding hydrogens is 380 g/mol. The number of aromatic nitrogens is 1. The summed E-state index contributed by atoms with van der Waals surface area (Å²) in [6.45, 7) is 1.74. The predicted octanol–water partition coefficient (Wildman–Crippen LogP) is 4.49. The van der Waals surface area contributed by atoms with Gasteiger partial charge in [-0.1, -0.05) is 41.0 Å². The van der Waals surface area contributed by atoms with Crippen molar-refractivity contribution in [3.8, 4) is 0 Å². The number of halogens is 1. The van der Waals surface area contributed by atoms with E-state index in [1.807, 2.05) is 0 Å². The Morgan fingerprint density at radius 3 is 2.54 bits per heavy atom. The van der Waals surface area contributed by atoms with Crippen LogP contribution < -0.4 is 10.3 Å². The molecule has 0 radical (unpaired) electrons. The number of rotatable bonds is 2. The molecule has 4 aromatic rings. The SMILES string of the molecule is Cc1cc(N2C(=O)c3oc4ccccc4c(=O)c3[C@H]2c2ccc(Cl)cc2)no1. The van der Waals surface area contributed by atoms with E-state index in [2.05, 4.69) is 5.16 Å². The molecule has 0 saturated carbocycles. The summed E-state index contributed by atoms with van der Waals surface area (Å²) in [5.41, 5.74) is 1.13. The molecule has 1 aliphatic rings. The lowest BCUT2D eigenvalue weighted by molar-refractivity contribution is 0.0969. The Kier molecular flexibility index (Phi) is 3.64. The summed E-state index contributed by atoms with van der Waals surface area (Å²) in [5.74, 6) is 0.450. The highest BCUT2D eigenvalue weighted by molar-refractivity contribution is 6.30. The van der Waals surface area contributed by atoms with Gasteiger partial charge in [-0.2, -0.15) is 0 Å². The van der Waals surface area contributed by atoms with Crippen LogP contribution in [0.1, 0.15) is 33.5 Å². The van der Waals surface area contributed by atoms with Crippen molar-refractivity contribution < 1.29 is 13.7 Å². The van der Waals surface area contributed by atoms with Crippen molar-refractivity contribution in [1.29, 1.82) is 0 Å². The van der Waals surface area contributed by atoms with Crippen LogP contribution in [0.5, 0.6) is 0 Å². The second kappa shape index (κ2) is 6.07. The Bertz CT molecular complexity index is 1290. The number of hydrogen-bond donors (Lipinski definition) is 0. The van der Waals surface area contributed by atoms with Crippen molar-refractivity contribution in [2.75, 3.05) is 4.90 Å². The van der Waals surface area contributed by atoms with E-state index in [1.165, 1.54) is 4.90 Å². The van der Waals surface area contributed by atoms with Crippen molar-refractivity contribution in [2.24, 2.45) is 0 Å². The van der Waals surface area contributed by atoms with Crippen LogP contribution in [0.4, 0.5) is 5.82 Å². The van der Waals surface area contributed by atoms with Crippen LogP contribution in [0.2, 0.25) is 5.02 Å². The predicted molar refractivity (Wildman–Crippen MR) is 104 cm³/mol. The Morgan fingerprint density at radius 2 is 1.82 bits per heavy atom. The van der Waals surface area contributed by atoms with Gasteiger partial charge < -0.3 is 8.94 Å². The number of anilines is 1. The van der Waals surface area contributed by atoms with E-state index in [-0.39, 0.29) is 16.8 Å². The largest absolute Gasteiger partial charge is 0.450 e. The van der Waals surface area contributed by atoms with Crippen LogP contribution in [-0.2, 0) is 0 Å². The van der Waals surface area contributed by atoms with Gasteiger partial charge in [0.05, 0.1) is 17.0 Å². The molecule has 3 heterocycles. The minimum Gasteiger partial charge on any atom is -0.450 e. The Balaban J connectivity index is 1.82. The Labute approximate surface area is 163 Å². The van der Waals surface area contributed by atoms with Crippen molar-refractivity contribution in [3.05, 3.63) is 92.5 Å². The fourth-order valence-electron chi connectivity index (χ4n) is 3.58. The first kappa shape index (κ1) is 16.8. The summed E-state index contributed by atoms with van der Waals surface area (Å²) in [7, 11) is 0. The quantitative estimate of drug-likeness (QED) is 0.502. The first-order chi connectivity index (χ1) is 13.5. The molecule has 0 fully saturated rings. The first-order valence-corrected chi connectivity index (χ1v) is 9.00. The molecule has 1 amide bonds. The number of para-hydroxylation sites is 1. The summed E-state index contributed by atoms with van der Waals surface area (Å²) in [5, 5.41) is 4.96. The summed E-state index contributed by atoms with van der Waals surface area (Å²) >= 11 is 6.03. The fourth-order valence-corrected chi connectivity index (χ4v) is 3.71. The summed E-state index contributed by atoms with van der Waals surface area (Å²) < 4.78 is 11.0. The molecular formula is C21H13ClN2O4. The second-order valence-corrected chi connectivity index (χ2v) is 7.03. The van der Waals surface area contributed by atoms with Crippen LogP contribution in [-0.4, -0.2) is 11.1 Å². The number of carbonyl (C=O) groups excluding carboxylic acids is 1. The van der Waals surface area contributed by atoms with Gasteiger partial charge in [0.25, 0.3) is 5.91 Å². The van der Waals surface area contributed by atoms with E-state index in [0.717, 1.165) is 5.56 Å². The normalized spacial score (nSPS) is 16.0. The maximum Gasteiger partial charge on any atom is 0.296 e. The molecule has 0 unspecified atom stereocenters. The van der Waals surface area contributed by atoms with E-state index in [4.69, 9.17) is 20.5 Å². The zero-order valence-electron chi connectivity index (χ0n) is 14.7. The van der Waals surface area contributed by atoms with Crippen molar-refractivity contribution in [1.82, 2.24) is 5.16 Å². The topological polar surface area (TPSA) is 76.6 Å². The molecule has 2 aromatic heterocycles. The summed E-state index contributed by atoms with van der Waals surface area (Å²) in [6.07, 6.45) is 0. The van der Waals surface area contributed by atoms with E-state index in [0.29, 0.717) is 27.6 Å². The number of fused-ring (bicyclic) bond motifs is 2. The molecule has 0 bridgehead atoms. The van der Waals surface area contributed by atoms with Crippen LogP contribution in [0.25, 0.3) is 11.0 Å². The van der Waals surface area contributed by atoms with Crippen LogP contribution in [0.3, 0.4) is 0 Å². The van der Waals surface area contributed by atoms with Gasteiger partial charge in [-0.15, -0.1) is 0 Å². The maximum atomic E-state index is 13.3. The first-order valence-electron chi connectivity index (χ1n) is 8.62. The lowest BCUT2D eigenvalue weighted by Crippen LogP contribution is -2.29. The Hall–Kier alpha value is -3.38. The van der Waals surface area contributed by atoms with Gasteiger partial charge in [-0.25, -0.2) is 0 Å². The van der Waals surface area contributed by atoms with Crippen LogP contribution in [0, 0.1) is 6.92 Å². The molecule has 0 spiro atoms. The van der Waals surface area contributed by atoms with E-state index >= 15 is 0 Å². The van der Waals surface area contributed by atoms with E-state index in [9.17, 15) is 9.59 Å². The second-order valence-electron chi connectivity index (χ2n) is 6.60. The fraction of sp³-hybridized carbons (Fsp3) is 0.0952. The van der Waals surface area contributed by atoms with Crippen molar-refractivity contribution >= 4 is 34.3 Å². The highest BCUT2D eigenvalue weighted by Crippen LogP contribution is 2.41. The third kappa shape index (κ3) is 2.38. The lowest BCUT2D eigenvalue weighted by Gasteiger charge is -2.22. The highest BCUT2D eigenvalue weighted by atomic mass is 35.5. The van der Waals surface area contributed by atoms with E-state index in [1.54, 1.807) is 61.5 Å². The van der Waals surface area contributed by atoms with Gasteiger partial charge in [-0.3, -0.25) is 14.5 Å². The number of aryl methyl sites for hydroxylation is 1. The molecule has 28 heavy (non-hydrogen) atoms. The monoisotopic (exact) mass is 392 g/mol. The standard InChI is InChI=1S/C21H13ClN2O4/c1-11-10-16(23-28-11)24-18(12-6-8-13(22)9-7-12)17-19(25)14-4-2-3-5-15(14)27-20(17)21(24)26/h2-10,18H,1H3/t18-/m1/s1. The van der Waals surface area contributed by atoms with Gasteiger partial charge in [-0.05, 0) is 36.8 Å². The third-order valence-corrected chi connectivity index (χ3v) is 5.08. The number of amides is 1. The van der Waals surface area contributed by atoms with Crippen LogP contribution in [0.15, 0.2) is 68.3 Å². The average Bonchev–Trinajstić information content (AvgIpc) is 3.24. The van der Waals surface area contributed by atoms with Crippen molar-refractivity contribution in [2.45, 2.75) is 13.0 Å². The highest BCUT2D eigenvalue weighted by Gasteiger charge is 2.44. The average molecular weight is 393 g/mol. The van der Waals surface area contributed by atoms with Gasteiger partial charge in [0, 0.05) is 11.1 Å². The third-order valence-electron chi connectivity index (χ3n) is 4.83. The Morgan fingerprint density at radius 1 is 1.07 bits per heavy atom. The van der Waals surface area contributed by atoms with Gasteiger partial charge in [0.15, 0.2) is 11.2 Å². The zero-order chi connectivity index (χ0) is 19.4. The van der Waals surface area contributed by atoms with E-state index < -0.39 is 11.9 Å². The maximum absolute atomic E-state index is 13.3. The zero-order valence-corrected chi connectivity index (χ0v) is 15.4. The molecule has 6 nitrogen and oxygen atoms in total. The minimum atomic E-state index is -0.690. The van der Waals surface area contributed by atoms with Gasteiger partial charge in [0.2, 0.25) is 5.76 Å². The molecule has 0 aliphatic carbocycles.